The topological polar surface area (TPSA) is 46.2 Å². The van der Waals surface area contributed by atoms with Gasteiger partial charge in [0.15, 0.2) is 0 Å². The summed E-state index contributed by atoms with van der Waals surface area (Å²) in [7, 11) is -3.92. The fourth-order valence-corrected chi connectivity index (χ4v) is 2.56. The maximum atomic E-state index is 12.5. The van der Waals surface area contributed by atoms with E-state index in [2.05, 4.69) is 4.72 Å². The van der Waals surface area contributed by atoms with E-state index in [0.29, 0.717) is 12.5 Å². The molecule has 1 N–H and O–H groups in total. The average Bonchev–Trinajstić information content (AvgIpc) is 2.26. The predicted molar refractivity (Wildman–Crippen MR) is 70.7 cm³/mol. The van der Waals surface area contributed by atoms with E-state index in [4.69, 9.17) is 0 Å². The largest absolute Gasteiger partial charge is 0.416 e. The fourth-order valence-electron chi connectivity index (χ4n) is 1.48. The zero-order chi connectivity index (χ0) is 15.6. The first kappa shape index (κ1) is 17.0. The predicted octanol–water partition coefficient (Wildman–Crippen LogP) is 3.42. The molecule has 7 heteroatoms. The van der Waals surface area contributed by atoms with Crippen LogP contribution in [0.3, 0.4) is 0 Å². The van der Waals surface area contributed by atoms with Crippen LogP contribution in [-0.2, 0) is 16.2 Å². The average molecular weight is 309 g/mol. The molecule has 0 aliphatic carbocycles. The molecule has 0 saturated carbocycles. The first-order valence-electron chi connectivity index (χ1n) is 6.09. The van der Waals surface area contributed by atoms with E-state index >= 15 is 0 Å². The molecule has 0 saturated heterocycles. The second kappa shape index (κ2) is 5.73. The van der Waals surface area contributed by atoms with E-state index in [1.165, 1.54) is 0 Å². The second-order valence-electron chi connectivity index (χ2n) is 5.73. The Hall–Kier alpha value is -1.08. The van der Waals surface area contributed by atoms with Crippen LogP contribution in [0.1, 0.15) is 32.8 Å². The van der Waals surface area contributed by atoms with E-state index in [-0.39, 0.29) is 16.9 Å². The van der Waals surface area contributed by atoms with Gasteiger partial charge in [-0.3, -0.25) is 0 Å². The molecular weight excluding hydrogens is 291 g/mol. The summed E-state index contributed by atoms with van der Waals surface area (Å²) in [6.45, 7) is 6.03. The van der Waals surface area contributed by atoms with Crippen molar-refractivity contribution in [2.75, 3.05) is 6.54 Å². The standard InChI is InChI=1S/C13H18F3NO2S/c1-12(2,3)7-8-17-20(18,19)11-6-4-5-10(9-11)13(14,15)16/h4-6,9,17H,7-8H2,1-3H3. The third-order valence-corrected chi connectivity index (χ3v) is 4.10. The minimum Gasteiger partial charge on any atom is -0.211 e. The van der Waals surface area contributed by atoms with Gasteiger partial charge in [-0.2, -0.15) is 13.2 Å². The number of alkyl halides is 3. The molecule has 114 valence electrons. The summed E-state index contributed by atoms with van der Waals surface area (Å²) >= 11 is 0. The lowest BCUT2D eigenvalue weighted by Gasteiger charge is -2.18. The van der Waals surface area contributed by atoms with Crippen molar-refractivity contribution in [2.45, 2.75) is 38.3 Å². The lowest BCUT2D eigenvalue weighted by atomic mass is 9.93. The van der Waals surface area contributed by atoms with Crippen LogP contribution in [0.2, 0.25) is 0 Å². The Kier molecular flexibility index (Phi) is 4.86. The summed E-state index contributed by atoms with van der Waals surface area (Å²) in [5.74, 6) is 0. The van der Waals surface area contributed by atoms with Gasteiger partial charge in [-0.25, -0.2) is 13.1 Å². The number of halogens is 3. The van der Waals surface area contributed by atoms with Crippen molar-refractivity contribution >= 4 is 10.0 Å². The molecule has 0 amide bonds. The van der Waals surface area contributed by atoms with Gasteiger partial charge in [-0.05, 0) is 30.0 Å². The van der Waals surface area contributed by atoms with Gasteiger partial charge >= 0.3 is 6.18 Å². The molecule has 1 aromatic carbocycles. The molecule has 1 rings (SSSR count). The first-order chi connectivity index (χ1) is 8.92. The summed E-state index contributed by atoms with van der Waals surface area (Å²) in [6, 6.07) is 3.71. The van der Waals surface area contributed by atoms with Crippen molar-refractivity contribution in [1.29, 1.82) is 0 Å². The quantitative estimate of drug-likeness (QED) is 0.926. The van der Waals surface area contributed by atoms with Gasteiger partial charge < -0.3 is 0 Å². The Balaban J connectivity index is 2.88. The smallest absolute Gasteiger partial charge is 0.211 e. The zero-order valence-electron chi connectivity index (χ0n) is 11.6. The van der Waals surface area contributed by atoms with Gasteiger partial charge in [0.25, 0.3) is 0 Å². The minimum atomic E-state index is -4.56. The Morgan fingerprint density at radius 1 is 1.15 bits per heavy atom. The summed E-state index contributed by atoms with van der Waals surface area (Å²) in [5, 5.41) is 0. The van der Waals surface area contributed by atoms with Crippen LogP contribution < -0.4 is 4.72 Å². The molecular formula is C13H18F3NO2S. The van der Waals surface area contributed by atoms with Gasteiger partial charge in [0.1, 0.15) is 0 Å². The Labute approximate surface area is 117 Å². The van der Waals surface area contributed by atoms with Crippen LogP contribution in [0, 0.1) is 5.41 Å². The first-order valence-corrected chi connectivity index (χ1v) is 7.57. The molecule has 1 aromatic rings. The number of nitrogens with one attached hydrogen (secondary N) is 1. The van der Waals surface area contributed by atoms with E-state index in [1.807, 2.05) is 20.8 Å². The number of benzene rings is 1. The maximum absolute atomic E-state index is 12.5. The molecule has 0 spiro atoms. The summed E-state index contributed by atoms with van der Waals surface area (Å²) in [5.41, 5.74) is -1.03. The molecule has 0 fully saturated rings. The highest BCUT2D eigenvalue weighted by atomic mass is 32.2. The number of rotatable bonds is 4. The van der Waals surface area contributed by atoms with Crippen LogP contribution in [0.15, 0.2) is 29.2 Å². The fraction of sp³-hybridized carbons (Fsp3) is 0.538. The van der Waals surface area contributed by atoms with Gasteiger partial charge in [0.05, 0.1) is 10.5 Å². The molecule has 0 unspecified atom stereocenters. The van der Waals surface area contributed by atoms with Crippen LogP contribution >= 0.6 is 0 Å². The summed E-state index contributed by atoms with van der Waals surface area (Å²) < 4.78 is 63.8. The number of hydrogen-bond donors (Lipinski definition) is 1. The van der Waals surface area contributed by atoms with E-state index in [9.17, 15) is 21.6 Å². The summed E-state index contributed by atoms with van der Waals surface area (Å²) in [4.78, 5) is -0.374. The minimum absolute atomic E-state index is 0.0592. The van der Waals surface area contributed by atoms with Crippen molar-refractivity contribution in [3.05, 3.63) is 29.8 Å². The van der Waals surface area contributed by atoms with Crippen molar-refractivity contribution in [3.63, 3.8) is 0 Å². The van der Waals surface area contributed by atoms with E-state index in [0.717, 1.165) is 18.2 Å². The van der Waals surface area contributed by atoms with Crippen LogP contribution in [0.25, 0.3) is 0 Å². The molecule has 0 radical (unpaired) electrons. The lowest BCUT2D eigenvalue weighted by molar-refractivity contribution is -0.137. The SMILES string of the molecule is CC(C)(C)CCNS(=O)(=O)c1cccc(C(F)(F)F)c1. The molecule has 0 aliphatic heterocycles. The Morgan fingerprint density at radius 3 is 2.25 bits per heavy atom. The molecule has 0 heterocycles. The number of hydrogen-bond acceptors (Lipinski definition) is 2. The van der Waals surface area contributed by atoms with Crippen LogP contribution in [0.4, 0.5) is 13.2 Å². The highest BCUT2D eigenvalue weighted by molar-refractivity contribution is 7.89. The van der Waals surface area contributed by atoms with Crippen molar-refractivity contribution in [3.8, 4) is 0 Å². The third kappa shape index (κ3) is 5.13. The van der Waals surface area contributed by atoms with Crippen molar-refractivity contribution < 1.29 is 21.6 Å². The van der Waals surface area contributed by atoms with Gasteiger partial charge in [0.2, 0.25) is 10.0 Å². The van der Waals surface area contributed by atoms with Gasteiger partial charge in [-0.1, -0.05) is 26.8 Å². The molecule has 0 aliphatic rings. The lowest BCUT2D eigenvalue weighted by Crippen LogP contribution is -2.27. The monoisotopic (exact) mass is 309 g/mol. The molecule has 0 aromatic heterocycles. The number of sulfonamides is 1. The summed E-state index contributed by atoms with van der Waals surface area (Å²) in [6.07, 6.45) is -3.97. The molecule has 0 bridgehead atoms. The maximum Gasteiger partial charge on any atom is 0.416 e. The molecule has 0 atom stereocenters. The van der Waals surface area contributed by atoms with Gasteiger partial charge in [0, 0.05) is 6.54 Å². The van der Waals surface area contributed by atoms with E-state index < -0.39 is 21.8 Å². The molecule has 3 nitrogen and oxygen atoms in total. The van der Waals surface area contributed by atoms with Crippen molar-refractivity contribution in [2.24, 2.45) is 5.41 Å². The molecule has 20 heavy (non-hydrogen) atoms. The second-order valence-corrected chi connectivity index (χ2v) is 7.50. The van der Waals surface area contributed by atoms with Crippen LogP contribution in [-0.4, -0.2) is 15.0 Å². The highest BCUT2D eigenvalue weighted by Gasteiger charge is 2.31. The van der Waals surface area contributed by atoms with Gasteiger partial charge in [-0.15, -0.1) is 0 Å². The van der Waals surface area contributed by atoms with Crippen molar-refractivity contribution in [1.82, 2.24) is 4.72 Å². The third-order valence-electron chi connectivity index (χ3n) is 2.64. The van der Waals surface area contributed by atoms with E-state index in [1.54, 1.807) is 0 Å². The normalized spacial score (nSPS) is 13.5. The Bertz CT molecular complexity index is 560. The Morgan fingerprint density at radius 2 is 1.75 bits per heavy atom. The zero-order valence-corrected chi connectivity index (χ0v) is 12.4. The highest BCUT2D eigenvalue weighted by Crippen LogP contribution is 2.30. The van der Waals surface area contributed by atoms with Crippen LogP contribution in [0.5, 0.6) is 0 Å².